The molecule has 2 heteroatoms. The molecule has 1 unspecified atom stereocenters. The Bertz CT molecular complexity index is 1000. The van der Waals surface area contributed by atoms with Crippen molar-refractivity contribution in [3.63, 3.8) is 0 Å². The summed E-state index contributed by atoms with van der Waals surface area (Å²) in [5.74, 6) is 0. The third-order valence-electron chi connectivity index (χ3n) is 6.08. The fourth-order valence-electron chi connectivity index (χ4n) is 3.96. The monoisotopic (exact) mass is 453 g/mol. The summed E-state index contributed by atoms with van der Waals surface area (Å²) in [6, 6.07) is 21.5. The van der Waals surface area contributed by atoms with Crippen LogP contribution in [0.15, 0.2) is 85.6 Å². The van der Waals surface area contributed by atoms with Crippen LogP contribution >= 0.6 is 0 Å². The lowest BCUT2D eigenvalue weighted by molar-refractivity contribution is 0.0566. The van der Waals surface area contributed by atoms with Gasteiger partial charge in [0.05, 0.1) is 11.8 Å². The van der Waals surface area contributed by atoms with Crippen molar-refractivity contribution in [1.29, 1.82) is 0 Å². The molecule has 0 bridgehead atoms. The molecule has 0 aliphatic carbocycles. The molecule has 2 nitrogen and oxygen atoms in total. The summed E-state index contributed by atoms with van der Waals surface area (Å²) in [6.07, 6.45) is 16.7. The Balaban J connectivity index is 1.46. The first kappa shape index (κ1) is 25.6. The van der Waals surface area contributed by atoms with Gasteiger partial charge < -0.3 is 4.74 Å². The van der Waals surface area contributed by atoms with E-state index in [4.69, 9.17) is 9.72 Å². The third kappa shape index (κ3) is 8.43. The van der Waals surface area contributed by atoms with Crippen LogP contribution in [0.4, 0.5) is 0 Å². The second kappa shape index (κ2) is 14.3. The maximum Gasteiger partial charge on any atom is 0.0702 e. The van der Waals surface area contributed by atoms with E-state index >= 15 is 0 Å². The van der Waals surface area contributed by atoms with Gasteiger partial charge >= 0.3 is 0 Å². The normalized spacial score (nSPS) is 12.2. The molecule has 0 saturated carbocycles. The summed E-state index contributed by atoms with van der Waals surface area (Å²) in [6.45, 7) is 9.12. The Hall–Kier alpha value is -2.97. The second-order valence-corrected chi connectivity index (χ2v) is 8.97. The molecule has 0 aliphatic heterocycles. The average Bonchev–Trinajstić information content (AvgIpc) is 2.88. The zero-order chi connectivity index (χ0) is 24.0. The van der Waals surface area contributed by atoms with Crippen molar-refractivity contribution < 1.29 is 4.74 Å². The summed E-state index contributed by atoms with van der Waals surface area (Å²) in [5, 5.41) is 0. The number of allylic oxidation sites excluding steroid dienone is 2. The van der Waals surface area contributed by atoms with Crippen molar-refractivity contribution in [3.8, 4) is 22.4 Å². The maximum atomic E-state index is 5.88. The lowest BCUT2D eigenvalue weighted by Gasteiger charge is -2.12. The summed E-state index contributed by atoms with van der Waals surface area (Å²) in [5.41, 5.74) is 6.95. The lowest BCUT2D eigenvalue weighted by atomic mass is 10.0. The van der Waals surface area contributed by atoms with E-state index in [0.29, 0.717) is 6.10 Å². The number of hydrogen-bond donors (Lipinski definition) is 0. The van der Waals surface area contributed by atoms with E-state index < -0.39 is 0 Å². The van der Waals surface area contributed by atoms with Gasteiger partial charge in [-0.05, 0) is 61.8 Å². The minimum Gasteiger partial charge on any atom is -0.379 e. The van der Waals surface area contributed by atoms with Gasteiger partial charge in [-0.2, -0.15) is 0 Å². The van der Waals surface area contributed by atoms with Gasteiger partial charge in [-0.1, -0.05) is 92.6 Å². The largest absolute Gasteiger partial charge is 0.379 e. The minimum atomic E-state index is 0.362. The smallest absolute Gasteiger partial charge is 0.0702 e. The Morgan fingerprint density at radius 3 is 2.29 bits per heavy atom. The Kier molecular flexibility index (Phi) is 10.8. The molecule has 178 valence electrons. The SMILES string of the molecule is C=CCc1ccc(-c2ccc(-c3ccc(C=CCCCC(C)OCCCCC)cc3)cn2)cc1. The fraction of sp³-hybridized carbons (Fsp3) is 0.344. The zero-order valence-corrected chi connectivity index (χ0v) is 20.9. The van der Waals surface area contributed by atoms with Crippen LogP contribution < -0.4 is 0 Å². The molecule has 0 radical (unpaired) electrons. The first-order chi connectivity index (χ1) is 16.7. The highest BCUT2D eigenvalue weighted by atomic mass is 16.5. The van der Waals surface area contributed by atoms with Crippen molar-refractivity contribution in [1.82, 2.24) is 4.98 Å². The van der Waals surface area contributed by atoms with E-state index in [1.54, 1.807) is 0 Å². The molecule has 0 spiro atoms. The summed E-state index contributed by atoms with van der Waals surface area (Å²) < 4.78 is 5.88. The van der Waals surface area contributed by atoms with Crippen LogP contribution in [0.25, 0.3) is 28.5 Å². The summed E-state index contributed by atoms with van der Waals surface area (Å²) in [4.78, 5) is 4.69. The molecule has 1 heterocycles. The molecule has 3 rings (SSSR count). The van der Waals surface area contributed by atoms with Crippen molar-refractivity contribution in [2.24, 2.45) is 0 Å². The Labute approximate surface area is 206 Å². The van der Waals surface area contributed by atoms with Crippen LogP contribution in [0.3, 0.4) is 0 Å². The predicted octanol–water partition coefficient (Wildman–Crippen LogP) is 8.92. The zero-order valence-electron chi connectivity index (χ0n) is 20.9. The molecule has 1 atom stereocenters. The first-order valence-corrected chi connectivity index (χ1v) is 12.7. The van der Waals surface area contributed by atoms with Gasteiger partial charge in [0.1, 0.15) is 0 Å². The van der Waals surface area contributed by atoms with Crippen molar-refractivity contribution in [2.75, 3.05) is 6.61 Å². The topological polar surface area (TPSA) is 22.1 Å². The second-order valence-electron chi connectivity index (χ2n) is 8.97. The molecule has 2 aromatic carbocycles. The highest BCUT2D eigenvalue weighted by molar-refractivity contribution is 5.68. The summed E-state index contributed by atoms with van der Waals surface area (Å²) >= 11 is 0. The van der Waals surface area contributed by atoms with Crippen molar-refractivity contribution >= 4 is 6.08 Å². The number of hydrogen-bond acceptors (Lipinski definition) is 2. The van der Waals surface area contributed by atoms with Crippen LogP contribution in [-0.4, -0.2) is 17.7 Å². The lowest BCUT2D eigenvalue weighted by Crippen LogP contribution is -2.08. The standard InChI is InChI=1S/C32H39NO/c1-4-6-10-24-34-26(3)12-8-7-9-13-28-14-18-29(19-15-28)31-22-23-32(33-25-31)30-20-16-27(11-5-2)17-21-30/h5,9,13-23,25-26H,2,4,6-8,10-12,24H2,1,3H3. The number of unbranched alkanes of at least 4 members (excludes halogenated alkanes) is 3. The fourth-order valence-corrected chi connectivity index (χ4v) is 3.96. The van der Waals surface area contributed by atoms with Crippen molar-refractivity contribution in [2.45, 2.75) is 64.9 Å². The van der Waals surface area contributed by atoms with Crippen LogP contribution in [0.2, 0.25) is 0 Å². The van der Waals surface area contributed by atoms with Crippen LogP contribution in [0.5, 0.6) is 0 Å². The van der Waals surface area contributed by atoms with Gasteiger partial charge in [-0.25, -0.2) is 0 Å². The Morgan fingerprint density at radius 1 is 0.882 bits per heavy atom. The molecule has 0 saturated heterocycles. The van der Waals surface area contributed by atoms with E-state index in [1.807, 2.05) is 12.3 Å². The number of rotatable bonds is 14. The molecule has 0 fully saturated rings. The minimum absolute atomic E-state index is 0.362. The van der Waals surface area contributed by atoms with E-state index in [0.717, 1.165) is 42.7 Å². The molecule has 0 amide bonds. The van der Waals surface area contributed by atoms with Gasteiger partial charge in [0.15, 0.2) is 0 Å². The highest BCUT2D eigenvalue weighted by Crippen LogP contribution is 2.24. The van der Waals surface area contributed by atoms with Crippen LogP contribution in [0, 0.1) is 0 Å². The molecule has 0 aliphatic rings. The number of ether oxygens (including phenoxy) is 1. The molecular formula is C32H39NO. The van der Waals surface area contributed by atoms with Crippen LogP contribution in [-0.2, 0) is 11.2 Å². The molecular weight excluding hydrogens is 414 g/mol. The molecule has 3 aromatic rings. The number of nitrogens with zero attached hydrogens (tertiary/aromatic N) is 1. The predicted molar refractivity (Wildman–Crippen MR) is 147 cm³/mol. The van der Waals surface area contributed by atoms with Gasteiger partial charge in [0, 0.05) is 23.9 Å². The maximum absolute atomic E-state index is 5.88. The molecule has 1 aromatic heterocycles. The Morgan fingerprint density at radius 2 is 1.62 bits per heavy atom. The first-order valence-electron chi connectivity index (χ1n) is 12.7. The highest BCUT2D eigenvalue weighted by Gasteiger charge is 2.03. The van der Waals surface area contributed by atoms with Gasteiger partial charge in [0.2, 0.25) is 0 Å². The summed E-state index contributed by atoms with van der Waals surface area (Å²) in [7, 11) is 0. The van der Waals surface area contributed by atoms with Gasteiger partial charge in [0.25, 0.3) is 0 Å². The molecule has 34 heavy (non-hydrogen) atoms. The quantitative estimate of drug-likeness (QED) is 0.179. The number of benzene rings is 2. The van der Waals surface area contributed by atoms with E-state index in [-0.39, 0.29) is 0 Å². The number of pyridine rings is 1. The average molecular weight is 454 g/mol. The van der Waals surface area contributed by atoms with E-state index in [9.17, 15) is 0 Å². The molecule has 0 N–H and O–H groups in total. The van der Waals surface area contributed by atoms with Crippen molar-refractivity contribution in [3.05, 3.63) is 96.7 Å². The van der Waals surface area contributed by atoms with E-state index in [2.05, 4.69) is 93.2 Å². The van der Waals surface area contributed by atoms with Crippen LogP contribution in [0.1, 0.15) is 63.5 Å². The third-order valence-corrected chi connectivity index (χ3v) is 6.08. The van der Waals surface area contributed by atoms with E-state index in [1.165, 1.54) is 42.4 Å². The van der Waals surface area contributed by atoms with Gasteiger partial charge in [-0.3, -0.25) is 4.98 Å². The van der Waals surface area contributed by atoms with Gasteiger partial charge in [-0.15, -0.1) is 6.58 Å². The number of aromatic nitrogens is 1.